The number of fused-ring (bicyclic) bond motifs is 4. The molecule has 1 amide bonds. The van der Waals surface area contributed by atoms with Crippen LogP contribution < -0.4 is 9.47 Å². The number of likely N-dealkylation sites (N-methyl/N-ethyl adjacent to an activating group) is 1. The number of rotatable bonds is 7. The fraction of sp³-hybridized carbons (Fsp3) is 0.303. The molecule has 0 radical (unpaired) electrons. The van der Waals surface area contributed by atoms with Crippen LogP contribution in [-0.2, 0) is 17.6 Å². The third kappa shape index (κ3) is 5.17. The number of aromatic nitrogens is 1. The van der Waals surface area contributed by atoms with Gasteiger partial charge in [-0.15, -0.1) is 0 Å². The number of aromatic amines is 1. The maximum absolute atomic E-state index is 13.7. The molecule has 0 spiro atoms. The van der Waals surface area contributed by atoms with Crippen molar-refractivity contribution < 1.29 is 14.3 Å². The normalized spacial score (nSPS) is 17.3. The summed E-state index contributed by atoms with van der Waals surface area (Å²) in [4.78, 5) is 21.5. The smallest absolute Gasteiger partial charge is 0.247 e. The number of H-pyrrole nitrogens is 1. The highest BCUT2D eigenvalue weighted by molar-refractivity contribution is 5.93. The van der Waals surface area contributed by atoms with Gasteiger partial charge in [-0.2, -0.15) is 0 Å². The van der Waals surface area contributed by atoms with Crippen molar-refractivity contribution in [1.82, 2.24) is 14.8 Å². The summed E-state index contributed by atoms with van der Waals surface area (Å²) in [6.07, 6.45) is 5.41. The van der Waals surface area contributed by atoms with Crippen molar-refractivity contribution in [2.75, 3.05) is 33.8 Å². The molecule has 1 unspecified atom stereocenters. The minimum atomic E-state index is -0.182. The molecule has 2 atom stereocenters. The van der Waals surface area contributed by atoms with Crippen LogP contribution in [0.15, 0.2) is 72.8 Å². The van der Waals surface area contributed by atoms with Gasteiger partial charge >= 0.3 is 0 Å². The molecule has 2 aliphatic rings. The van der Waals surface area contributed by atoms with E-state index in [4.69, 9.17) is 9.47 Å². The lowest BCUT2D eigenvalue weighted by Crippen LogP contribution is -2.39. The second kappa shape index (κ2) is 10.6. The molecule has 200 valence electrons. The van der Waals surface area contributed by atoms with Gasteiger partial charge in [0.25, 0.3) is 0 Å². The summed E-state index contributed by atoms with van der Waals surface area (Å²) in [5.74, 6) is 1.78. The van der Waals surface area contributed by atoms with E-state index in [1.165, 1.54) is 16.5 Å². The minimum absolute atomic E-state index is 0.000913. The van der Waals surface area contributed by atoms with Crippen molar-refractivity contribution in [1.29, 1.82) is 0 Å². The lowest BCUT2D eigenvalue weighted by atomic mass is 9.91. The first-order valence-corrected chi connectivity index (χ1v) is 13.7. The Bertz CT molecular complexity index is 1520. The Morgan fingerprint density at radius 2 is 1.95 bits per heavy atom. The van der Waals surface area contributed by atoms with Gasteiger partial charge in [-0.25, -0.2) is 0 Å². The fourth-order valence-electron chi connectivity index (χ4n) is 5.91. The highest BCUT2D eigenvalue weighted by atomic mass is 16.5. The average molecular weight is 522 g/mol. The Labute approximate surface area is 229 Å². The number of ether oxygens (including phenoxy) is 2. The van der Waals surface area contributed by atoms with Crippen molar-refractivity contribution in [3.63, 3.8) is 0 Å². The van der Waals surface area contributed by atoms with Gasteiger partial charge in [0.1, 0.15) is 17.6 Å². The molecule has 6 heteroatoms. The third-order valence-electron chi connectivity index (χ3n) is 7.60. The van der Waals surface area contributed by atoms with Gasteiger partial charge in [0.2, 0.25) is 5.91 Å². The first-order chi connectivity index (χ1) is 19.0. The van der Waals surface area contributed by atoms with Crippen LogP contribution in [0.5, 0.6) is 11.5 Å². The van der Waals surface area contributed by atoms with Gasteiger partial charge in [0.15, 0.2) is 0 Å². The van der Waals surface area contributed by atoms with Gasteiger partial charge < -0.3 is 24.3 Å². The number of carbonyl (C=O) groups excluding carboxylic acids is 1. The Morgan fingerprint density at radius 1 is 1.13 bits per heavy atom. The molecule has 6 rings (SSSR count). The zero-order valence-corrected chi connectivity index (χ0v) is 22.8. The first kappa shape index (κ1) is 25.3. The maximum Gasteiger partial charge on any atom is 0.247 e. The molecule has 1 aromatic heterocycles. The van der Waals surface area contributed by atoms with E-state index in [1.54, 1.807) is 6.08 Å². The van der Waals surface area contributed by atoms with Gasteiger partial charge in [0, 0.05) is 42.2 Å². The van der Waals surface area contributed by atoms with Crippen LogP contribution in [0, 0.1) is 0 Å². The molecule has 3 aromatic carbocycles. The van der Waals surface area contributed by atoms with Crippen LogP contribution >= 0.6 is 0 Å². The molecule has 39 heavy (non-hydrogen) atoms. The third-order valence-corrected chi connectivity index (χ3v) is 7.60. The molecule has 0 aliphatic carbocycles. The van der Waals surface area contributed by atoms with Crippen LogP contribution in [0.1, 0.15) is 40.9 Å². The van der Waals surface area contributed by atoms with Crippen LogP contribution in [0.3, 0.4) is 0 Å². The van der Waals surface area contributed by atoms with Crippen molar-refractivity contribution in [3.8, 4) is 11.5 Å². The van der Waals surface area contributed by atoms with E-state index in [0.717, 1.165) is 53.2 Å². The number of carbonyl (C=O) groups is 1. The van der Waals surface area contributed by atoms with Crippen LogP contribution in [0.4, 0.5) is 0 Å². The number of nitrogens with zero attached hydrogens (tertiary/aromatic N) is 2. The Kier molecular flexibility index (Phi) is 6.88. The summed E-state index contributed by atoms with van der Waals surface area (Å²) < 4.78 is 11.8. The number of benzene rings is 3. The highest BCUT2D eigenvalue weighted by Crippen LogP contribution is 2.40. The monoisotopic (exact) mass is 521 g/mol. The predicted molar refractivity (Wildman–Crippen MR) is 155 cm³/mol. The van der Waals surface area contributed by atoms with Crippen molar-refractivity contribution >= 4 is 22.9 Å². The van der Waals surface area contributed by atoms with Crippen LogP contribution in [-0.4, -0.2) is 60.6 Å². The molecule has 4 aromatic rings. The molecule has 0 fully saturated rings. The van der Waals surface area contributed by atoms with Crippen molar-refractivity contribution in [2.45, 2.75) is 31.9 Å². The minimum Gasteiger partial charge on any atom is -0.493 e. The molecule has 3 heterocycles. The van der Waals surface area contributed by atoms with E-state index in [-0.39, 0.29) is 18.1 Å². The Balaban J connectivity index is 1.27. The molecule has 6 nitrogen and oxygen atoms in total. The predicted octanol–water partition coefficient (Wildman–Crippen LogP) is 5.62. The van der Waals surface area contributed by atoms with Crippen molar-refractivity contribution in [3.05, 3.63) is 101 Å². The summed E-state index contributed by atoms with van der Waals surface area (Å²) in [6.45, 7) is 4.29. The quantitative estimate of drug-likeness (QED) is 0.321. The maximum atomic E-state index is 13.7. The van der Waals surface area contributed by atoms with Crippen LogP contribution in [0.2, 0.25) is 0 Å². The van der Waals surface area contributed by atoms with E-state index in [0.29, 0.717) is 13.2 Å². The number of hydrogen-bond donors (Lipinski definition) is 1. The lowest BCUT2D eigenvalue weighted by molar-refractivity contribution is -0.128. The van der Waals surface area contributed by atoms with Gasteiger partial charge in [0.05, 0.1) is 12.6 Å². The molecule has 1 N–H and O–H groups in total. The highest BCUT2D eigenvalue weighted by Gasteiger charge is 2.34. The Hall–Kier alpha value is -4.03. The first-order valence-electron chi connectivity index (χ1n) is 13.7. The largest absolute Gasteiger partial charge is 0.493 e. The summed E-state index contributed by atoms with van der Waals surface area (Å²) in [7, 11) is 4.07. The average Bonchev–Trinajstić information content (AvgIpc) is 3.55. The topological polar surface area (TPSA) is 57.8 Å². The van der Waals surface area contributed by atoms with E-state index < -0.39 is 0 Å². The zero-order chi connectivity index (χ0) is 26.9. The molecule has 0 saturated heterocycles. The fourth-order valence-corrected chi connectivity index (χ4v) is 5.91. The lowest BCUT2D eigenvalue weighted by Gasteiger charge is -2.36. The summed E-state index contributed by atoms with van der Waals surface area (Å²) in [5.41, 5.74) is 6.81. The number of para-hydroxylation sites is 1. The molecule has 0 saturated carbocycles. The van der Waals surface area contributed by atoms with E-state index >= 15 is 0 Å². The Morgan fingerprint density at radius 3 is 2.77 bits per heavy atom. The van der Waals surface area contributed by atoms with Gasteiger partial charge in [-0.1, -0.05) is 36.4 Å². The summed E-state index contributed by atoms with van der Waals surface area (Å²) >= 11 is 0. The molecular weight excluding hydrogens is 486 g/mol. The summed E-state index contributed by atoms with van der Waals surface area (Å²) in [6, 6.07) is 22.5. The number of nitrogens with one attached hydrogen (secondary N) is 1. The van der Waals surface area contributed by atoms with Gasteiger partial charge in [-0.3, -0.25) is 4.79 Å². The van der Waals surface area contributed by atoms with Gasteiger partial charge in [-0.05, 0) is 86.1 Å². The second-order valence-corrected chi connectivity index (χ2v) is 10.8. The second-order valence-electron chi connectivity index (χ2n) is 10.8. The summed E-state index contributed by atoms with van der Waals surface area (Å²) in [5, 5.41) is 1.24. The van der Waals surface area contributed by atoms with E-state index in [1.807, 2.05) is 49.3 Å². The SMILES string of the molecule is C[C@H](CN(C)C)Oc1ccc(/C=C/C(=O)N2CCc3c([nH]c4ccccc34)C2c2ccc3c(c2)CCO3)cc1. The van der Waals surface area contributed by atoms with E-state index in [9.17, 15) is 4.79 Å². The molecular formula is C33H35N3O3. The molecule has 0 bridgehead atoms. The standard InChI is InChI=1S/C33H35N3O3/c1-22(21-35(2)3)39-26-12-8-23(9-13-26)10-15-31(37)36-18-16-28-27-6-4-5-7-29(27)34-32(28)33(36)25-11-14-30-24(20-25)17-19-38-30/h4-15,20,22,33-34H,16-19,21H2,1-3H3/b15-10+/t22-,33?/m1/s1. The van der Waals surface area contributed by atoms with E-state index in [2.05, 4.69) is 59.3 Å². The van der Waals surface area contributed by atoms with Crippen molar-refractivity contribution in [2.24, 2.45) is 0 Å². The zero-order valence-electron chi connectivity index (χ0n) is 22.8. The number of amides is 1. The number of hydrogen-bond acceptors (Lipinski definition) is 4. The van der Waals surface area contributed by atoms with Crippen LogP contribution in [0.25, 0.3) is 17.0 Å². The molecule has 2 aliphatic heterocycles.